The molecule has 9 heteroatoms. The number of benzene rings is 2. The van der Waals surface area contributed by atoms with E-state index in [-0.39, 0.29) is 24.0 Å². The average molecular weight is 537 g/mol. The summed E-state index contributed by atoms with van der Waals surface area (Å²) in [5, 5.41) is 3.93. The molecule has 0 atom stereocenters. The van der Waals surface area contributed by atoms with E-state index >= 15 is 0 Å². The third-order valence-corrected chi connectivity index (χ3v) is 6.24. The van der Waals surface area contributed by atoms with E-state index in [2.05, 4.69) is 10.3 Å². The van der Waals surface area contributed by atoms with Crippen molar-refractivity contribution in [3.63, 3.8) is 0 Å². The maximum Gasteiger partial charge on any atom is 0.242 e. The Balaban J connectivity index is 0.00000392. The Labute approximate surface area is 189 Å². The normalized spacial score (nSPS) is 11.9. The lowest BCUT2D eigenvalue weighted by Crippen LogP contribution is -2.38. The van der Waals surface area contributed by atoms with Crippen molar-refractivity contribution in [2.24, 2.45) is 4.99 Å². The van der Waals surface area contributed by atoms with Crippen LogP contribution in [0.25, 0.3) is 0 Å². The molecule has 2 rings (SSSR count). The fourth-order valence-electron chi connectivity index (χ4n) is 2.60. The van der Waals surface area contributed by atoms with E-state index in [1.54, 1.807) is 25.2 Å². The largest absolute Gasteiger partial charge is 0.352 e. The molecule has 0 heterocycles. The molecule has 28 heavy (non-hydrogen) atoms. The zero-order valence-corrected chi connectivity index (χ0v) is 20.3. The summed E-state index contributed by atoms with van der Waals surface area (Å²) in [6, 6.07) is 14.6. The van der Waals surface area contributed by atoms with Crippen LogP contribution in [0, 0.1) is 0 Å². The average Bonchev–Trinajstić information content (AvgIpc) is 2.64. The van der Waals surface area contributed by atoms with Crippen LogP contribution in [0.3, 0.4) is 0 Å². The molecule has 2 aromatic carbocycles. The van der Waals surface area contributed by atoms with Crippen LogP contribution in [-0.4, -0.2) is 51.8 Å². The lowest BCUT2D eigenvalue weighted by molar-refractivity contribution is 0.476. The van der Waals surface area contributed by atoms with Crippen LogP contribution in [0.1, 0.15) is 11.1 Å². The van der Waals surface area contributed by atoms with Crippen LogP contribution in [0.2, 0.25) is 5.02 Å². The van der Waals surface area contributed by atoms with Crippen molar-refractivity contribution in [2.45, 2.75) is 18.0 Å². The molecule has 6 nitrogen and oxygen atoms in total. The van der Waals surface area contributed by atoms with Gasteiger partial charge in [0, 0.05) is 46.3 Å². The van der Waals surface area contributed by atoms with E-state index in [0.717, 1.165) is 5.56 Å². The van der Waals surface area contributed by atoms with Gasteiger partial charge < -0.3 is 10.2 Å². The fourth-order valence-corrected chi connectivity index (χ4v) is 3.84. The van der Waals surface area contributed by atoms with Gasteiger partial charge in [0.05, 0.1) is 4.90 Å². The van der Waals surface area contributed by atoms with E-state index in [0.29, 0.717) is 34.5 Å². The highest BCUT2D eigenvalue weighted by Crippen LogP contribution is 2.18. The quantitative estimate of drug-likeness (QED) is 0.349. The molecule has 154 valence electrons. The van der Waals surface area contributed by atoms with Crippen molar-refractivity contribution in [1.82, 2.24) is 14.5 Å². The standard InChI is InChI=1S/C19H25ClN4O2S.HI/c1-21-19(24(4)14-15-9-11-17(20)12-10-15)22-13-16-7-5-6-8-18(16)27(25,26)23(2)3;/h5-12H,13-14H2,1-4H3,(H,21,22);1H. The molecule has 0 aliphatic carbocycles. The van der Waals surface area contributed by atoms with Gasteiger partial charge in [-0.15, -0.1) is 24.0 Å². The topological polar surface area (TPSA) is 65.0 Å². The van der Waals surface area contributed by atoms with Crippen LogP contribution in [0.15, 0.2) is 58.4 Å². The van der Waals surface area contributed by atoms with Crippen LogP contribution in [-0.2, 0) is 23.1 Å². The van der Waals surface area contributed by atoms with Gasteiger partial charge in [0.25, 0.3) is 0 Å². The smallest absolute Gasteiger partial charge is 0.242 e. The zero-order chi connectivity index (χ0) is 20.0. The molecule has 0 aromatic heterocycles. The minimum Gasteiger partial charge on any atom is -0.352 e. The Kier molecular flexibility index (Phi) is 9.68. The Morgan fingerprint density at radius 3 is 2.25 bits per heavy atom. The van der Waals surface area contributed by atoms with Gasteiger partial charge in [0.2, 0.25) is 10.0 Å². The monoisotopic (exact) mass is 536 g/mol. The van der Waals surface area contributed by atoms with Crippen molar-refractivity contribution in [2.75, 3.05) is 28.2 Å². The molecule has 0 bridgehead atoms. The predicted molar refractivity (Wildman–Crippen MR) is 126 cm³/mol. The second-order valence-electron chi connectivity index (χ2n) is 6.28. The molecule has 0 spiro atoms. The van der Waals surface area contributed by atoms with Gasteiger partial charge in [-0.05, 0) is 29.3 Å². The van der Waals surface area contributed by atoms with E-state index in [9.17, 15) is 8.42 Å². The van der Waals surface area contributed by atoms with Crippen LogP contribution >= 0.6 is 35.6 Å². The number of hydrogen-bond donors (Lipinski definition) is 1. The highest BCUT2D eigenvalue weighted by Gasteiger charge is 2.20. The highest BCUT2D eigenvalue weighted by atomic mass is 127. The van der Waals surface area contributed by atoms with E-state index in [1.807, 2.05) is 42.3 Å². The van der Waals surface area contributed by atoms with Gasteiger partial charge in [-0.1, -0.05) is 41.9 Å². The van der Waals surface area contributed by atoms with Crippen LogP contribution in [0.4, 0.5) is 0 Å². The van der Waals surface area contributed by atoms with Crippen molar-refractivity contribution in [3.05, 3.63) is 64.7 Å². The van der Waals surface area contributed by atoms with Crippen LogP contribution < -0.4 is 5.32 Å². The fraction of sp³-hybridized carbons (Fsp3) is 0.316. The van der Waals surface area contributed by atoms with Gasteiger partial charge in [-0.3, -0.25) is 4.99 Å². The Bertz CT molecular complexity index is 902. The molecule has 0 radical (unpaired) electrons. The maximum atomic E-state index is 12.5. The summed E-state index contributed by atoms with van der Waals surface area (Å²) in [6.07, 6.45) is 0. The molecule has 0 fully saturated rings. The first-order chi connectivity index (χ1) is 12.8. The first-order valence-electron chi connectivity index (χ1n) is 8.42. The summed E-state index contributed by atoms with van der Waals surface area (Å²) < 4.78 is 26.2. The lowest BCUT2D eigenvalue weighted by Gasteiger charge is -2.23. The SMILES string of the molecule is CN=C(NCc1ccccc1S(=O)(=O)N(C)C)N(C)Cc1ccc(Cl)cc1.I. The summed E-state index contributed by atoms with van der Waals surface area (Å²) >= 11 is 5.93. The molecule has 0 aliphatic rings. The first kappa shape index (κ1) is 24.7. The first-order valence-corrected chi connectivity index (χ1v) is 10.2. The number of sulfonamides is 1. The Morgan fingerprint density at radius 1 is 1.07 bits per heavy atom. The Hall–Kier alpha value is -1.36. The summed E-state index contributed by atoms with van der Waals surface area (Å²) in [5.74, 6) is 0.669. The second-order valence-corrected chi connectivity index (χ2v) is 8.84. The minimum absolute atomic E-state index is 0. The third-order valence-electron chi connectivity index (χ3n) is 4.07. The third kappa shape index (κ3) is 6.33. The number of aliphatic imine (C=N–C) groups is 1. The van der Waals surface area contributed by atoms with Crippen molar-refractivity contribution >= 4 is 51.6 Å². The van der Waals surface area contributed by atoms with Crippen LogP contribution in [0.5, 0.6) is 0 Å². The van der Waals surface area contributed by atoms with Gasteiger partial charge in [0.1, 0.15) is 0 Å². The number of nitrogens with zero attached hydrogens (tertiary/aromatic N) is 3. The molecular formula is C19H26ClIN4O2S. The number of nitrogens with one attached hydrogen (secondary N) is 1. The molecule has 1 N–H and O–H groups in total. The number of rotatable bonds is 6. The summed E-state index contributed by atoms with van der Waals surface area (Å²) in [5.41, 5.74) is 1.78. The summed E-state index contributed by atoms with van der Waals surface area (Å²) in [4.78, 5) is 6.54. The van der Waals surface area contributed by atoms with Crippen molar-refractivity contribution < 1.29 is 8.42 Å². The molecular weight excluding hydrogens is 511 g/mol. The molecule has 0 amide bonds. The molecule has 0 unspecified atom stereocenters. The van der Waals surface area contributed by atoms with E-state index in [4.69, 9.17) is 11.6 Å². The number of guanidine groups is 1. The highest BCUT2D eigenvalue weighted by molar-refractivity contribution is 14.0. The molecule has 0 saturated carbocycles. The number of halogens is 2. The number of hydrogen-bond acceptors (Lipinski definition) is 3. The van der Waals surface area contributed by atoms with Gasteiger partial charge in [0.15, 0.2) is 5.96 Å². The van der Waals surface area contributed by atoms with E-state index < -0.39 is 10.0 Å². The van der Waals surface area contributed by atoms with E-state index in [1.165, 1.54) is 18.4 Å². The maximum absolute atomic E-state index is 12.5. The van der Waals surface area contributed by atoms with Crippen molar-refractivity contribution in [3.8, 4) is 0 Å². The molecule has 0 saturated heterocycles. The zero-order valence-electron chi connectivity index (χ0n) is 16.4. The summed E-state index contributed by atoms with van der Waals surface area (Å²) in [6.45, 7) is 0.995. The molecule has 2 aromatic rings. The Morgan fingerprint density at radius 2 is 1.68 bits per heavy atom. The summed E-state index contributed by atoms with van der Waals surface area (Å²) in [7, 11) is 3.17. The lowest BCUT2D eigenvalue weighted by atomic mass is 10.2. The van der Waals surface area contributed by atoms with Gasteiger partial charge in [-0.25, -0.2) is 12.7 Å². The minimum atomic E-state index is -3.51. The van der Waals surface area contributed by atoms with Gasteiger partial charge >= 0.3 is 0 Å². The molecule has 0 aliphatic heterocycles. The van der Waals surface area contributed by atoms with Crippen molar-refractivity contribution in [1.29, 1.82) is 0 Å². The predicted octanol–water partition coefficient (Wildman–Crippen LogP) is 3.42. The van der Waals surface area contributed by atoms with Gasteiger partial charge in [-0.2, -0.15) is 0 Å². The second kappa shape index (κ2) is 11.0.